The van der Waals surface area contributed by atoms with Crippen molar-refractivity contribution in [2.24, 2.45) is 0 Å². The Kier molecular flexibility index (Phi) is 6.59. The summed E-state index contributed by atoms with van der Waals surface area (Å²) in [6.45, 7) is 1.53. The van der Waals surface area contributed by atoms with Crippen LogP contribution >= 0.6 is 0 Å². The van der Waals surface area contributed by atoms with Gasteiger partial charge in [-0.1, -0.05) is 30.3 Å². The minimum absolute atomic E-state index is 0.0180. The molecular weight excluding hydrogens is 375 g/mol. The van der Waals surface area contributed by atoms with E-state index < -0.39 is 11.8 Å². The molecule has 0 N–H and O–H groups in total. The van der Waals surface area contributed by atoms with Crippen molar-refractivity contribution in [2.45, 2.75) is 19.4 Å². The van der Waals surface area contributed by atoms with Gasteiger partial charge in [-0.2, -0.15) is 0 Å². The number of carbonyl (C=O) groups excluding carboxylic acids is 3. The number of halogens is 1. The SMILES string of the molecule is COC(=O)c1ccc(CN2CCN(C(=O)Cc3ccccc3F)CCC2=O)cc1. The predicted octanol–water partition coefficient (Wildman–Crippen LogP) is 2.42. The number of nitrogens with zero attached hydrogens (tertiary/aromatic N) is 2. The third-order valence-electron chi connectivity index (χ3n) is 4.99. The number of rotatable bonds is 5. The van der Waals surface area contributed by atoms with E-state index >= 15 is 0 Å². The molecule has 0 spiro atoms. The summed E-state index contributed by atoms with van der Waals surface area (Å²) < 4.78 is 18.5. The molecule has 29 heavy (non-hydrogen) atoms. The van der Waals surface area contributed by atoms with Gasteiger partial charge < -0.3 is 14.5 Å². The van der Waals surface area contributed by atoms with Crippen LogP contribution in [0.4, 0.5) is 4.39 Å². The maximum absolute atomic E-state index is 13.8. The lowest BCUT2D eigenvalue weighted by molar-refractivity contribution is -0.130. The Hall–Kier alpha value is -3.22. The van der Waals surface area contributed by atoms with Gasteiger partial charge in [0.1, 0.15) is 5.82 Å². The molecule has 1 aliphatic rings. The maximum atomic E-state index is 13.8. The summed E-state index contributed by atoms with van der Waals surface area (Å²) in [6, 6.07) is 13.1. The van der Waals surface area contributed by atoms with Gasteiger partial charge in [0.2, 0.25) is 11.8 Å². The van der Waals surface area contributed by atoms with Gasteiger partial charge in [0.05, 0.1) is 19.1 Å². The average molecular weight is 398 g/mol. The van der Waals surface area contributed by atoms with Gasteiger partial charge in [0, 0.05) is 32.6 Å². The molecule has 0 unspecified atom stereocenters. The molecule has 3 rings (SSSR count). The van der Waals surface area contributed by atoms with Gasteiger partial charge in [-0.05, 0) is 29.3 Å². The minimum Gasteiger partial charge on any atom is -0.465 e. The summed E-state index contributed by atoms with van der Waals surface area (Å²) in [5.74, 6) is -1.04. The number of amides is 2. The van der Waals surface area contributed by atoms with Crippen molar-refractivity contribution < 1.29 is 23.5 Å². The number of carbonyl (C=O) groups is 3. The van der Waals surface area contributed by atoms with Gasteiger partial charge in [-0.3, -0.25) is 9.59 Å². The van der Waals surface area contributed by atoms with Crippen LogP contribution in [0.15, 0.2) is 48.5 Å². The first kappa shape index (κ1) is 20.5. The molecule has 1 saturated heterocycles. The lowest BCUT2D eigenvalue weighted by Crippen LogP contribution is -2.36. The van der Waals surface area contributed by atoms with E-state index in [9.17, 15) is 18.8 Å². The van der Waals surface area contributed by atoms with E-state index in [1.54, 1.807) is 52.3 Å². The first-order valence-electron chi connectivity index (χ1n) is 9.44. The van der Waals surface area contributed by atoms with E-state index in [1.807, 2.05) is 0 Å². The van der Waals surface area contributed by atoms with Crippen molar-refractivity contribution in [3.8, 4) is 0 Å². The molecule has 2 aromatic carbocycles. The second kappa shape index (κ2) is 9.32. The van der Waals surface area contributed by atoms with Crippen LogP contribution in [0.1, 0.15) is 27.9 Å². The monoisotopic (exact) mass is 398 g/mol. The number of hydrogen-bond acceptors (Lipinski definition) is 4. The lowest BCUT2D eigenvalue weighted by atomic mass is 10.1. The lowest BCUT2D eigenvalue weighted by Gasteiger charge is -2.22. The van der Waals surface area contributed by atoms with E-state index in [0.717, 1.165) is 5.56 Å². The molecule has 0 saturated carbocycles. The van der Waals surface area contributed by atoms with Crippen LogP contribution in [0.2, 0.25) is 0 Å². The van der Waals surface area contributed by atoms with Crippen LogP contribution in [-0.2, 0) is 27.3 Å². The third-order valence-corrected chi connectivity index (χ3v) is 4.99. The quantitative estimate of drug-likeness (QED) is 0.726. The largest absolute Gasteiger partial charge is 0.465 e. The van der Waals surface area contributed by atoms with Crippen molar-refractivity contribution in [2.75, 3.05) is 26.7 Å². The van der Waals surface area contributed by atoms with Crippen LogP contribution < -0.4 is 0 Å². The van der Waals surface area contributed by atoms with E-state index in [4.69, 9.17) is 0 Å². The molecule has 0 radical (unpaired) electrons. The molecule has 7 heteroatoms. The van der Waals surface area contributed by atoms with Crippen LogP contribution in [0.3, 0.4) is 0 Å². The predicted molar refractivity (Wildman–Crippen MR) is 104 cm³/mol. The Balaban J connectivity index is 1.60. The molecule has 6 nitrogen and oxygen atoms in total. The molecular formula is C22H23FN2O4. The van der Waals surface area contributed by atoms with Crippen LogP contribution in [0, 0.1) is 5.82 Å². The smallest absolute Gasteiger partial charge is 0.337 e. The standard InChI is InChI=1S/C22H23FN2O4/c1-29-22(28)17-8-6-16(7-9-17)15-25-13-12-24(11-10-20(25)26)21(27)14-18-4-2-3-5-19(18)23/h2-9H,10-15H2,1H3. The van der Waals surface area contributed by atoms with E-state index in [2.05, 4.69) is 4.74 Å². The molecule has 1 fully saturated rings. The molecule has 0 aromatic heterocycles. The topological polar surface area (TPSA) is 66.9 Å². The highest BCUT2D eigenvalue weighted by Crippen LogP contribution is 2.14. The highest BCUT2D eigenvalue weighted by atomic mass is 19.1. The fourth-order valence-corrected chi connectivity index (χ4v) is 3.28. The fourth-order valence-electron chi connectivity index (χ4n) is 3.28. The summed E-state index contributed by atoms with van der Waals surface area (Å²) in [7, 11) is 1.32. The number of esters is 1. The molecule has 2 aromatic rings. The zero-order valence-electron chi connectivity index (χ0n) is 16.3. The normalized spacial score (nSPS) is 14.5. The van der Waals surface area contributed by atoms with Gasteiger partial charge in [0.25, 0.3) is 0 Å². The summed E-state index contributed by atoms with van der Waals surface area (Å²) >= 11 is 0. The van der Waals surface area contributed by atoms with Crippen molar-refractivity contribution in [3.05, 3.63) is 71.0 Å². The van der Waals surface area contributed by atoms with Crippen molar-refractivity contribution in [1.29, 1.82) is 0 Å². The molecule has 2 amide bonds. The van der Waals surface area contributed by atoms with Gasteiger partial charge in [-0.15, -0.1) is 0 Å². The molecule has 1 heterocycles. The summed E-state index contributed by atoms with van der Waals surface area (Å²) in [4.78, 5) is 39.9. The van der Waals surface area contributed by atoms with Gasteiger partial charge >= 0.3 is 5.97 Å². The van der Waals surface area contributed by atoms with Crippen molar-refractivity contribution in [3.63, 3.8) is 0 Å². The molecule has 1 aliphatic heterocycles. The first-order chi connectivity index (χ1) is 14.0. The van der Waals surface area contributed by atoms with Crippen LogP contribution in [0.5, 0.6) is 0 Å². The molecule has 0 bridgehead atoms. The van der Waals surface area contributed by atoms with Crippen molar-refractivity contribution >= 4 is 17.8 Å². The Morgan fingerprint density at radius 2 is 1.76 bits per heavy atom. The average Bonchev–Trinajstić information content (AvgIpc) is 2.91. The summed E-state index contributed by atoms with van der Waals surface area (Å²) in [5, 5.41) is 0. The first-order valence-corrected chi connectivity index (χ1v) is 9.44. The van der Waals surface area contributed by atoms with E-state index in [0.29, 0.717) is 37.3 Å². The van der Waals surface area contributed by atoms with Crippen LogP contribution in [-0.4, -0.2) is 54.3 Å². The van der Waals surface area contributed by atoms with Gasteiger partial charge in [0.15, 0.2) is 0 Å². The highest BCUT2D eigenvalue weighted by Gasteiger charge is 2.24. The fraction of sp³-hybridized carbons (Fsp3) is 0.318. The Morgan fingerprint density at radius 1 is 1.03 bits per heavy atom. The van der Waals surface area contributed by atoms with Gasteiger partial charge in [-0.25, -0.2) is 9.18 Å². The highest BCUT2D eigenvalue weighted by molar-refractivity contribution is 5.89. The van der Waals surface area contributed by atoms with Crippen LogP contribution in [0.25, 0.3) is 0 Å². The zero-order chi connectivity index (χ0) is 20.8. The van der Waals surface area contributed by atoms with E-state index in [-0.39, 0.29) is 24.7 Å². The summed E-state index contributed by atoms with van der Waals surface area (Å²) in [6.07, 6.45) is 0.207. The Labute approximate surface area is 168 Å². The maximum Gasteiger partial charge on any atom is 0.337 e. The third kappa shape index (κ3) is 5.19. The minimum atomic E-state index is -0.411. The number of benzene rings is 2. The Bertz CT molecular complexity index is 898. The second-order valence-electron chi connectivity index (χ2n) is 6.90. The Morgan fingerprint density at radius 3 is 2.45 bits per heavy atom. The molecule has 152 valence electrons. The molecule has 0 aliphatic carbocycles. The van der Waals surface area contributed by atoms with E-state index in [1.165, 1.54) is 13.2 Å². The zero-order valence-corrected chi connectivity index (χ0v) is 16.3. The molecule has 0 atom stereocenters. The number of hydrogen-bond donors (Lipinski definition) is 0. The number of methoxy groups -OCH3 is 1. The summed E-state index contributed by atoms with van der Waals surface area (Å²) in [5.41, 5.74) is 1.69. The van der Waals surface area contributed by atoms with Crippen molar-refractivity contribution in [1.82, 2.24) is 9.80 Å². The second-order valence-corrected chi connectivity index (χ2v) is 6.90. The number of ether oxygens (including phenoxy) is 1.